The number of rotatable bonds is 3. The number of halogens is 1. The fraction of sp³-hybridized carbons (Fsp3) is 0.435. The van der Waals surface area contributed by atoms with Crippen molar-refractivity contribution in [3.05, 3.63) is 59.1 Å². The summed E-state index contributed by atoms with van der Waals surface area (Å²) < 4.78 is 0. The number of nitrogens with zero attached hydrogens (tertiary/aromatic N) is 3. The van der Waals surface area contributed by atoms with Crippen LogP contribution in [0.2, 0.25) is 5.02 Å². The van der Waals surface area contributed by atoms with Crippen molar-refractivity contribution < 1.29 is 0 Å². The van der Waals surface area contributed by atoms with E-state index in [1.807, 2.05) is 36.4 Å². The summed E-state index contributed by atoms with van der Waals surface area (Å²) in [6.07, 6.45) is 7.52. The molecule has 2 saturated carbocycles. The molecule has 5 heteroatoms. The second-order valence-corrected chi connectivity index (χ2v) is 8.80. The minimum Gasteiger partial charge on any atom is -0.371 e. The van der Waals surface area contributed by atoms with Gasteiger partial charge in [0.1, 0.15) is 0 Å². The average Bonchev–Trinajstić information content (AvgIpc) is 3.54. The van der Waals surface area contributed by atoms with Gasteiger partial charge in [-0.2, -0.15) is 5.11 Å². The largest absolute Gasteiger partial charge is 0.371 e. The number of hydrogen-bond donors (Lipinski definition) is 1. The molecule has 0 atom stereocenters. The number of fused-ring (bicyclic) bond motifs is 1. The highest BCUT2D eigenvalue weighted by molar-refractivity contribution is 6.30. The van der Waals surface area contributed by atoms with Crippen molar-refractivity contribution in [3.8, 4) is 0 Å². The molecule has 2 aliphatic carbocycles. The molecule has 0 aromatic heterocycles. The predicted molar refractivity (Wildman–Crippen MR) is 115 cm³/mol. The van der Waals surface area contributed by atoms with E-state index in [9.17, 15) is 0 Å². The molecular formula is C23H25ClN4. The lowest BCUT2D eigenvalue weighted by Gasteiger charge is -2.42. The summed E-state index contributed by atoms with van der Waals surface area (Å²) in [4.78, 5) is 4.92. The molecule has 28 heavy (non-hydrogen) atoms. The van der Waals surface area contributed by atoms with Crippen LogP contribution in [0, 0.1) is 11.8 Å². The van der Waals surface area contributed by atoms with Gasteiger partial charge in [-0.15, -0.1) is 5.11 Å². The van der Waals surface area contributed by atoms with Gasteiger partial charge in [0.15, 0.2) is 5.84 Å². The highest BCUT2D eigenvalue weighted by Crippen LogP contribution is 2.49. The van der Waals surface area contributed by atoms with E-state index < -0.39 is 0 Å². The van der Waals surface area contributed by atoms with Crippen LogP contribution in [0.3, 0.4) is 0 Å². The topological polar surface area (TPSA) is 49.1 Å². The Morgan fingerprint density at radius 3 is 2.57 bits per heavy atom. The molecule has 1 N–H and O–H groups in total. The van der Waals surface area contributed by atoms with E-state index in [-0.39, 0.29) is 5.54 Å². The van der Waals surface area contributed by atoms with Crippen LogP contribution in [0.4, 0.5) is 11.4 Å². The molecule has 0 unspecified atom stereocenters. The fourth-order valence-corrected chi connectivity index (χ4v) is 4.88. The van der Waals surface area contributed by atoms with Crippen molar-refractivity contribution in [1.82, 2.24) is 0 Å². The maximum absolute atomic E-state index is 6.08. The highest BCUT2D eigenvalue weighted by atomic mass is 35.5. The maximum atomic E-state index is 6.08. The summed E-state index contributed by atoms with van der Waals surface area (Å²) in [5.74, 6) is 2.69. The van der Waals surface area contributed by atoms with Crippen molar-refractivity contribution in [1.29, 1.82) is 0 Å². The number of anilines is 1. The van der Waals surface area contributed by atoms with E-state index in [1.165, 1.54) is 25.7 Å². The second-order valence-electron chi connectivity index (χ2n) is 8.36. The Morgan fingerprint density at radius 2 is 1.79 bits per heavy atom. The first-order valence-electron chi connectivity index (χ1n) is 10.3. The number of aliphatic imine (C=N–C) groups is 1. The van der Waals surface area contributed by atoms with Gasteiger partial charge in [0.2, 0.25) is 0 Å². The zero-order valence-corrected chi connectivity index (χ0v) is 16.7. The van der Waals surface area contributed by atoms with Gasteiger partial charge in [0.05, 0.1) is 23.5 Å². The lowest BCUT2D eigenvalue weighted by Crippen LogP contribution is -2.49. The van der Waals surface area contributed by atoms with Crippen molar-refractivity contribution in [2.45, 2.75) is 50.6 Å². The first kappa shape index (κ1) is 17.9. The summed E-state index contributed by atoms with van der Waals surface area (Å²) in [6, 6.07) is 16.0. The minimum absolute atomic E-state index is 0.183. The number of hydrogen-bond acceptors (Lipinski definition) is 4. The normalized spacial score (nSPS) is 26.8. The molecule has 0 bridgehead atoms. The van der Waals surface area contributed by atoms with Crippen molar-refractivity contribution >= 4 is 28.8 Å². The molecule has 2 fully saturated rings. The first-order chi connectivity index (χ1) is 13.7. The van der Waals surface area contributed by atoms with Gasteiger partial charge in [-0.25, -0.2) is 4.99 Å². The molecule has 0 saturated heterocycles. The van der Waals surface area contributed by atoms with E-state index in [0.29, 0.717) is 6.54 Å². The molecule has 0 radical (unpaired) electrons. The lowest BCUT2D eigenvalue weighted by atomic mass is 9.73. The van der Waals surface area contributed by atoms with Crippen LogP contribution in [0.25, 0.3) is 0 Å². The van der Waals surface area contributed by atoms with Crippen LogP contribution >= 0.6 is 11.6 Å². The zero-order chi connectivity index (χ0) is 19.0. The molecule has 0 amide bonds. The number of para-hydroxylation sites is 2. The maximum Gasteiger partial charge on any atom is 0.176 e. The SMILES string of the molecule is Clc1cccc(CN=NC2=Nc3ccccc3NC23CCC(C2CC2)CC3)c1. The molecular weight excluding hydrogens is 368 g/mol. The van der Waals surface area contributed by atoms with E-state index in [4.69, 9.17) is 16.6 Å². The molecule has 2 aromatic carbocycles. The number of benzene rings is 2. The highest BCUT2D eigenvalue weighted by Gasteiger charge is 2.45. The zero-order valence-electron chi connectivity index (χ0n) is 15.9. The Bertz CT molecular complexity index is 924. The summed E-state index contributed by atoms with van der Waals surface area (Å²) >= 11 is 6.08. The standard InChI is InChI=1S/C23H25ClN4/c24-19-5-3-4-16(14-19)15-25-28-22-23(12-10-18(11-13-23)17-8-9-17)27-21-7-2-1-6-20(21)26-22/h1-7,14,17-18,27H,8-13,15H2. The summed E-state index contributed by atoms with van der Waals surface area (Å²) in [6.45, 7) is 0.516. The van der Waals surface area contributed by atoms with E-state index in [2.05, 4.69) is 27.7 Å². The van der Waals surface area contributed by atoms with Crippen molar-refractivity contribution in [2.75, 3.05) is 5.32 Å². The third kappa shape index (κ3) is 3.58. The monoisotopic (exact) mass is 392 g/mol. The first-order valence-corrected chi connectivity index (χ1v) is 10.7. The number of amidine groups is 1. The average molecular weight is 393 g/mol. The Morgan fingerprint density at radius 1 is 1.00 bits per heavy atom. The Labute approximate surface area is 171 Å². The molecule has 1 heterocycles. The van der Waals surface area contributed by atoms with Crippen LogP contribution in [0.5, 0.6) is 0 Å². The Balaban J connectivity index is 1.40. The van der Waals surface area contributed by atoms with Gasteiger partial charge in [0, 0.05) is 5.02 Å². The molecule has 1 aliphatic heterocycles. The molecule has 5 rings (SSSR count). The third-order valence-electron chi connectivity index (χ3n) is 6.41. The lowest BCUT2D eigenvalue weighted by molar-refractivity contribution is 0.276. The van der Waals surface area contributed by atoms with E-state index >= 15 is 0 Å². The number of nitrogens with one attached hydrogen (secondary N) is 1. The molecule has 2 aromatic rings. The quantitative estimate of drug-likeness (QED) is 0.574. The van der Waals surface area contributed by atoms with Crippen LogP contribution in [-0.2, 0) is 6.54 Å². The molecule has 3 aliphatic rings. The van der Waals surface area contributed by atoms with Crippen LogP contribution in [0.1, 0.15) is 44.1 Å². The van der Waals surface area contributed by atoms with Crippen LogP contribution in [-0.4, -0.2) is 11.4 Å². The van der Waals surface area contributed by atoms with Gasteiger partial charge in [-0.3, -0.25) is 0 Å². The van der Waals surface area contributed by atoms with Crippen LogP contribution in [0.15, 0.2) is 63.8 Å². The predicted octanol–water partition coefficient (Wildman–Crippen LogP) is 6.79. The summed E-state index contributed by atoms with van der Waals surface area (Å²) in [5, 5.41) is 13.7. The smallest absolute Gasteiger partial charge is 0.176 e. The van der Waals surface area contributed by atoms with Gasteiger partial charge < -0.3 is 5.32 Å². The minimum atomic E-state index is -0.183. The van der Waals surface area contributed by atoms with Gasteiger partial charge in [-0.05, 0) is 80.2 Å². The van der Waals surface area contributed by atoms with Gasteiger partial charge in [-0.1, -0.05) is 35.9 Å². The summed E-state index contributed by atoms with van der Waals surface area (Å²) in [5.41, 5.74) is 2.94. The van der Waals surface area contributed by atoms with Gasteiger partial charge in [0.25, 0.3) is 0 Å². The van der Waals surface area contributed by atoms with Gasteiger partial charge >= 0.3 is 0 Å². The Hall–Kier alpha value is -2.20. The van der Waals surface area contributed by atoms with E-state index in [1.54, 1.807) is 0 Å². The fourth-order valence-electron chi connectivity index (χ4n) is 4.67. The Kier molecular flexibility index (Phi) is 4.67. The van der Waals surface area contributed by atoms with Crippen molar-refractivity contribution in [2.24, 2.45) is 27.1 Å². The molecule has 1 spiro atoms. The molecule has 144 valence electrons. The van der Waals surface area contributed by atoms with Crippen LogP contribution < -0.4 is 5.32 Å². The van der Waals surface area contributed by atoms with E-state index in [0.717, 1.165) is 52.5 Å². The van der Waals surface area contributed by atoms with Crippen molar-refractivity contribution in [3.63, 3.8) is 0 Å². The number of azo groups is 1. The second kappa shape index (κ2) is 7.32. The molecule has 4 nitrogen and oxygen atoms in total. The third-order valence-corrected chi connectivity index (χ3v) is 6.65. The summed E-state index contributed by atoms with van der Waals surface area (Å²) in [7, 11) is 0.